The lowest BCUT2D eigenvalue weighted by molar-refractivity contribution is 0.0588. The van der Waals surface area contributed by atoms with Gasteiger partial charge in [-0.15, -0.1) is 0 Å². The lowest BCUT2D eigenvalue weighted by Crippen LogP contribution is -2.34. The number of amides is 1. The van der Waals surface area contributed by atoms with E-state index in [2.05, 4.69) is 0 Å². The third kappa shape index (κ3) is 4.19. The first-order chi connectivity index (χ1) is 13.5. The van der Waals surface area contributed by atoms with Gasteiger partial charge >= 0.3 is 6.09 Å². The highest BCUT2D eigenvalue weighted by atomic mass is 35.5. The van der Waals surface area contributed by atoms with Gasteiger partial charge < -0.3 is 10.5 Å². The van der Waals surface area contributed by atoms with Crippen LogP contribution < -0.4 is 16.2 Å². The Morgan fingerprint density at radius 1 is 1.21 bits per heavy atom. The van der Waals surface area contributed by atoms with Crippen LogP contribution in [0.15, 0.2) is 47.4 Å². The van der Waals surface area contributed by atoms with Gasteiger partial charge in [-0.2, -0.15) is 0 Å². The SMILES string of the molecule is CN(C(=O)OC(C)(C)C)c1cc2ccn(-c3ccc(N)cc3Cl)c(=O)c2cc1F. The Kier molecular flexibility index (Phi) is 5.28. The van der Waals surface area contributed by atoms with E-state index in [1.165, 1.54) is 29.9 Å². The van der Waals surface area contributed by atoms with Gasteiger partial charge in [0.15, 0.2) is 0 Å². The molecule has 0 aliphatic carbocycles. The highest BCUT2D eigenvalue weighted by Crippen LogP contribution is 2.27. The van der Waals surface area contributed by atoms with Crippen LogP contribution in [0.3, 0.4) is 0 Å². The van der Waals surface area contributed by atoms with Crippen LogP contribution in [0, 0.1) is 5.82 Å². The van der Waals surface area contributed by atoms with Crippen molar-refractivity contribution < 1.29 is 13.9 Å². The number of carbonyl (C=O) groups is 1. The Hall–Kier alpha value is -3.06. The number of benzene rings is 2. The number of anilines is 2. The summed E-state index contributed by atoms with van der Waals surface area (Å²) in [6.07, 6.45) is 0.842. The third-order valence-electron chi connectivity index (χ3n) is 4.23. The molecule has 0 aliphatic heterocycles. The number of nitrogens with two attached hydrogens (primary N) is 1. The smallest absolute Gasteiger partial charge is 0.414 e. The zero-order chi connectivity index (χ0) is 21.5. The molecular weight excluding hydrogens is 397 g/mol. The molecule has 3 aromatic rings. The molecule has 0 fully saturated rings. The highest BCUT2D eigenvalue weighted by molar-refractivity contribution is 6.32. The second kappa shape index (κ2) is 7.40. The van der Waals surface area contributed by atoms with E-state index in [4.69, 9.17) is 22.1 Å². The second-order valence-corrected chi connectivity index (χ2v) is 8.04. The van der Waals surface area contributed by atoms with E-state index in [9.17, 15) is 14.0 Å². The summed E-state index contributed by atoms with van der Waals surface area (Å²) >= 11 is 6.20. The zero-order valence-corrected chi connectivity index (χ0v) is 17.2. The number of nitrogens with zero attached hydrogens (tertiary/aromatic N) is 2. The predicted octanol–water partition coefficient (Wildman–Crippen LogP) is 4.74. The summed E-state index contributed by atoms with van der Waals surface area (Å²) in [5, 5.41) is 0.928. The van der Waals surface area contributed by atoms with Crippen LogP contribution in [0.5, 0.6) is 0 Å². The van der Waals surface area contributed by atoms with Crippen LogP contribution in [0.2, 0.25) is 5.02 Å². The number of hydrogen-bond acceptors (Lipinski definition) is 4. The molecule has 0 bridgehead atoms. The van der Waals surface area contributed by atoms with Crippen molar-refractivity contribution in [2.45, 2.75) is 26.4 Å². The average Bonchev–Trinajstić information content (AvgIpc) is 2.61. The van der Waals surface area contributed by atoms with Crippen molar-refractivity contribution in [3.05, 3.63) is 63.8 Å². The molecule has 152 valence electrons. The normalized spacial score (nSPS) is 11.5. The first-order valence-electron chi connectivity index (χ1n) is 8.85. The largest absolute Gasteiger partial charge is 0.443 e. The van der Waals surface area contributed by atoms with Gasteiger partial charge in [-0.25, -0.2) is 9.18 Å². The van der Waals surface area contributed by atoms with Crippen LogP contribution >= 0.6 is 11.6 Å². The maximum Gasteiger partial charge on any atom is 0.414 e. The molecule has 2 N–H and O–H groups in total. The van der Waals surface area contributed by atoms with Gasteiger partial charge in [-0.05, 0) is 62.6 Å². The third-order valence-corrected chi connectivity index (χ3v) is 4.53. The fourth-order valence-electron chi connectivity index (χ4n) is 2.85. The van der Waals surface area contributed by atoms with E-state index in [0.29, 0.717) is 21.8 Å². The lowest BCUT2D eigenvalue weighted by atomic mass is 10.1. The molecule has 0 saturated carbocycles. The van der Waals surface area contributed by atoms with Gasteiger partial charge in [0.25, 0.3) is 5.56 Å². The molecule has 3 rings (SSSR count). The van der Waals surface area contributed by atoms with Crippen molar-refractivity contribution in [1.82, 2.24) is 4.57 Å². The molecule has 8 heteroatoms. The Morgan fingerprint density at radius 2 is 1.90 bits per heavy atom. The first kappa shape index (κ1) is 20.7. The van der Waals surface area contributed by atoms with Gasteiger partial charge in [0.2, 0.25) is 0 Å². The number of rotatable bonds is 2. The fraction of sp³-hybridized carbons (Fsp3) is 0.238. The van der Waals surface area contributed by atoms with Gasteiger partial charge in [-0.1, -0.05) is 11.6 Å². The molecule has 0 aliphatic rings. The summed E-state index contributed by atoms with van der Waals surface area (Å²) in [6, 6.07) is 8.96. The maximum absolute atomic E-state index is 14.8. The number of nitrogen functional groups attached to an aromatic ring is 1. The number of pyridine rings is 1. The molecule has 6 nitrogen and oxygen atoms in total. The molecule has 0 radical (unpaired) electrons. The van der Waals surface area contributed by atoms with Crippen LogP contribution in [0.1, 0.15) is 20.8 Å². The summed E-state index contributed by atoms with van der Waals surface area (Å²) in [5.74, 6) is -0.718. The van der Waals surface area contributed by atoms with Crippen molar-refractivity contribution in [3.8, 4) is 5.69 Å². The zero-order valence-electron chi connectivity index (χ0n) is 16.5. The standard InChI is InChI=1S/C21H21ClFN3O3/c1-21(2,3)29-20(28)25(4)18-9-12-7-8-26(19(27)14(12)11-16(18)23)17-6-5-13(24)10-15(17)22/h5-11H,24H2,1-4H3. The van der Waals surface area contributed by atoms with E-state index in [-0.39, 0.29) is 11.1 Å². The number of aromatic nitrogens is 1. The molecular formula is C21H21ClFN3O3. The van der Waals surface area contributed by atoms with E-state index in [0.717, 1.165) is 11.0 Å². The Labute approximate surface area is 172 Å². The monoisotopic (exact) mass is 417 g/mol. The van der Waals surface area contributed by atoms with Crippen molar-refractivity contribution >= 4 is 39.8 Å². The van der Waals surface area contributed by atoms with Gasteiger partial charge in [0.05, 0.1) is 21.8 Å². The fourth-order valence-corrected chi connectivity index (χ4v) is 3.13. The van der Waals surface area contributed by atoms with E-state index in [1.807, 2.05) is 0 Å². The number of hydrogen-bond donors (Lipinski definition) is 1. The topological polar surface area (TPSA) is 77.6 Å². The van der Waals surface area contributed by atoms with Crippen molar-refractivity contribution in [2.75, 3.05) is 17.7 Å². The predicted molar refractivity (Wildman–Crippen MR) is 114 cm³/mol. The Morgan fingerprint density at radius 3 is 2.52 bits per heavy atom. The molecule has 29 heavy (non-hydrogen) atoms. The minimum absolute atomic E-state index is 0.00872. The Balaban J connectivity index is 2.08. The maximum atomic E-state index is 14.8. The van der Waals surface area contributed by atoms with Crippen LogP contribution in [0.25, 0.3) is 16.5 Å². The van der Waals surface area contributed by atoms with Crippen LogP contribution in [0.4, 0.5) is 20.6 Å². The number of halogens is 2. The quantitative estimate of drug-likeness (QED) is 0.611. The molecule has 1 amide bonds. The van der Waals surface area contributed by atoms with Crippen LogP contribution in [-0.2, 0) is 4.74 Å². The molecule has 0 spiro atoms. The number of carbonyl (C=O) groups excluding carboxylic acids is 1. The number of ether oxygens (including phenoxy) is 1. The summed E-state index contributed by atoms with van der Waals surface area (Å²) in [4.78, 5) is 26.3. The van der Waals surface area contributed by atoms with Crippen molar-refractivity contribution in [2.24, 2.45) is 0 Å². The van der Waals surface area contributed by atoms with E-state index < -0.39 is 23.1 Å². The van der Waals surface area contributed by atoms with E-state index >= 15 is 0 Å². The molecule has 1 aromatic heterocycles. The summed E-state index contributed by atoms with van der Waals surface area (Å²) in [5.41, 5.74) is 5.44. The van der Waals surface area contributed by atoms with Gasteiger partial charge in [-0.3, -0.25) is 14.3 Å². The van der Waals surface area contributed by atoms with Gasteiger partial charge in [0, 0.05) is 18.9 Å². The minimum atomic E-state index is -0.718. The van der Waals surface area contributed by atoms with E-state index in [1.54, 1.807) is 39.0 Å². The highest BCUT2D eigenvalue weighted by Gasteiger charge is 2.23. The minimum Gasteiger partial charge on any atom is -0.443 e. The lowest BCUT2D eigenvalue weighted by Gasteiger charge is -2.25. The average molecular weight is 418 g/mol. The van der Waals surface area contributed by atoms with Crippen molar-refractivity contribution in [1.29, 1.82) is 0 Å². The molecule has 0 atom stereocenters. The van der Waals surface area contributed by atoms with Gasteiger partial charge in [0.1, 0.15) is 11.4 Å². The van der Waals surface area contributed by atoms with Crippen LogP contribution in [-0.4, -0.2) is 23.3 Å². The van der Waals surface area contributed by atoms with Crippen molar-refractivity contribution in [3.63, 3.8) is 0 Å². The molecule has 1 heterocycles. The Bertz CT molecular complexity index is 1170. The summed E-state index contributed by atoms with van der Waals surface area (Å²) < 4.78 is 21.4. The molecule has 0 saturated heterocycles. The molecule has 0 unspecified atom stereocenters. The molecule has 2 aromatic carbocycles. The second-order valence-electron chi connectivity index (χ2n) is 7.63. The number of fused-ring (bicyclic) bond motifs is 1. The first-order valence-corrected chi connectivity index (χ1v) is 9.23. The summed E-state index contributed by atoms with van der Waals surface area (Å²) in [6.45, 7) is 5.17. The summed E-state index contributed by atoms with van der Waals surface area (Å²) in [7, 11) is 1.41.